The fourth-order valence-electron chi connectivity index (χ4n) is 3.94. The predicted octanol–water partition coefficient (Wildman–Crippen LogP) is 2.36. The molecule has 4 atom stereocenters. The van der Waals surface area contributed by atoms with Crippen LogP contribution >= 0.6 is 0 Å². The third-order valence-electron chi connectivity index (χ3n) is 5.56. The topological polar surface area (TPSA) is 71.0 Å². The molecule has 2 aromatic carbocycles. The molecule has 3 N–H and O–H groups in total. The van der Waals surface area contributed by atoms with Gasteiger partial charge in [0.2, 0.25) is 0 Å². The van der Waals surface area contributed by atoms with Crippen LogP contribution in [0.25, 0.3) is 0 Å². The van der Waals surface area contributed by atoms with Gasteiger partial charge in [0.15, 0.2) is 0 Å². The normalized spacial score (nSPS) is 22.6. The van der Waals surface area contributed by atoms with E-state index >= 15 is 0 Å². The van der Waals surface area contributed by atoms with Crippen LogP contribution in [0.1, 0.15) is 24.0 Å². The third-order valence-corrected chi connectivity index (χ3v) is 5.56. The van der Waals surface area contributed by atoms with Gasteiger partial charge in [-0.15, -0.1) is 0 Å². The summed E-state index contributed by atoms with van der Waals surface area (Å²) < 4.78 is 38.2. The van der Waals surface area contributed by atoms with Gasteiger partial charge in [-0.3, -0.25) is 0 Å². The van der Waals surface area contributed by atoms with Crippen LogP contribution in [-0.2, 0) is 12.8 Å². The van der Waals surface area contributed by atoms with E-state index in [1.165, 1.54) is 24.3 Å². The number of rotatable bonds is 6. The van der Waals surface area contributed by atoms with E-state index in [-0.39, 0.29) is 36.9 Å². The maximum absolute atomic E-state index is 13.3. The lowest BCUT2D eigenvalue weighted by molar-refractivity contribution is 0.00892. The van der Waals surface area contributed by atoms with Crippen molar-refractivity contribution < 1.29 is 28.5 Å². The van der Waals surface area contributed by atoms with E-state index in [1.807, 2.05) is 0 Å². The minimum Gasteiger partial charge on any atom is -0.487 e. The molecule has 156 valence electrons. The number of nitrogens with one attached hydrogen (secondary N) is 1. The van der Waals surface area contributed by atoms with Gasteiger partial charge in [0.25, 0.3) is 0 Å². The highest BCUT2D eigenvalue weighted by Gasteiger charge is 2.29. The molecule has 29 heavy (non-hydrogen) atoms. The Morgan fingerprint density at radius 1 is 0.828 bits per heavy atom. The minimum absolute atomic E-state index is 0.257. The Bertz CT molecular complexity index is 793. The first kappa shape index (κ1) is 20.1. The molecule has 0 aromatic heterocycles. The summed E-state index contributed by atoms with van der Waals surface area (Å²) >= 11 is 0. The lowest BCUT2D eigenvalue weighted by Gasteiger charge is -2.31. The summed E-state index contributed by atoms with van der Waals surface area (Å²) in [5.41, 5.74) is 1.62. The van der Waals surface area contributed by atoms with Crippen molar-refractivity contribution in [2.75, 3.05) is 13.1 Å². The molecule has 2 heterocycles. The van der Waals surface area contributed by atoms with Gasteiger partial charge >= 0.3 is 0 Å². The maximum Gasteiger partial charge on any atom is 0.126 e. The number of aliphatic hydroxyl groups excluding tert-OH is 2. The number of fused-ring (bicyclic) bond motifs is 2. The predicted molar refractivity (Wildman–Crippen MR) is 103 cm³/mol. The molecule has 0 bridgehead atoms. The standard InChI is InChI=1S/C22H25F2NO4/c23-15-3-7-19-13(9-15)1-5-21(28-19)17(26)11-25-12-18(27)22-6-2-14-10-16(24)4-8-20(14)29-22/h3-4,7-10,17-18,21-22,25-27H,1-2,5-6,11-12H2/t17-,18?,21-,22?/m1/s1. The average Bonchev–Trinajstić information content (AvgIpc) is 2.72. The Hall–Kier alpha value is -2.22. The quantitative estimate of drug-likeness (QED) is 0.688. The number of halogens is 2. The molecule has 0 spiro atoms. The number of hydrogen-bond donors (Lipinski definition) is 3. The van der Waals surface area contributed by atoms with Gasteiger partial charge in [0.05, 0.1) is 0 Å². The van der Waals surface area contributed by atoms with E-state index < -0.39 is 12.2 Å². The fraction of sp³-hybridized carbons (Fsp3) is 0.455. The van der Waals surface area contributed by atoms with Crippen LogP contribution in [0.4, 0.5) is 8.78 Å². The molecule has 0 saturated carbocycles. The Balaban J connectivity index is 1.24. The molecule has 2 aromatic rings. The largest absolute Gasteiger partial charge is 0.487 e. The fourth-order valence-corrected chi connectivity index (χ4v) is 3.94. The molecule has 0 fully saturated rings. The second kappa shape index (κ2) is 8.65. The van der Waals surface area contributed by atoms with Gasteiger partial charge in [-0.1, -0.05) is 0 Å². The van der Waals surface area contributed by atoms with E-state index in [0.717, 1.165) is 11.1 Å². The van der Waals surface area contributed by atoms with Crippen LogP contribution in [-0.4, -0.2) is 47.7 Å². The summed E-state index contributed by atoms with van der Waals surface area (Å²) in [5, 5.41) is 23.9. The van der Waals surface area contributed by atoms with E-state index in [9.17, 15) is 19.0 Å². The van der Waals surface area contributed by atoms with Gasteiger partial charge in [-0.05, 0) is 73.2 Å². The maximum atomic E-state index is 13.3. The van der Waals surface area contributed by atoms with Crippen molar-refractivity contribution in [1.82, 2.24) is 5.32 Å². The summed E-state index contributed by atoms with van der Waals surface area (Å²) in [7, 11) is 0. The molecule has 0 radical (unpaired) electrons. The number of hydrogen-bond acceptors (Lipinski definition) is 5. The van der Waals surface area contributed by atoms with E-state index in [1.54, 1.807) is 12.1 Å². The Kier molecular flexibility index (Phi) is 5.99. The van der Waals surface area contributed by atoms with Crippen LogP contribution in [0.5, 0.6) is 11.5 Å². The zero-order chi connectivity index (χ0) is 20.4. The first-order valence-corrected chi connectivity index (χ1v) is 9.96. The molecule has 4 rings (SSSR count). The zero-order valence-electron chi connectivity index (χ0n) is 16.0. The molecule has 0 saturated heterocycles. The van der Waals surface area contributed by atoms with Crippen molar-refractivity contribution in [3.63, 3.8) is 0 Å². The average molecular weight is 405 g/mol. The molecular formula is C22H25F2NO4. The first-order chi connectivity index (χ1) is 14.0. The second-order valence-electron chi connectivity index (χ2n) is 7.69. The van der Waals surface area contributed by atoms with Crippen molar-refractivity contribution in [1.29, 1.82) is 0 Å². The van der Waals surface area contributed by atoms with Crippen molar-refractivity contribution in [3.05, 3.63) is 59.2 Å². The molecule has 7 heteroatoms. The number of benzene rings is 2. The van der Waals surface area contributed by atoms with Gasteiger partial charge in [0.1, 0.15) is 47.5 Å². The monoisotopic (exact) mass is 405 g/mol. The van der Waals surface area contributed by atoms with Crippen molar-refractivity contribution in [3.8, 4) is 11.5 Å². The molecule has 5 nitrogen and oxygen atoms in total. The van der Waals surface area contributed by atoms with Gasteiger partial charge < -0.3 is 25.0 Å². The molecule has 2 aliphatic rings. The van der Waals surface area contributed by atoms with Crippen LogP contribution in [0.3, 0.4) is 0 Å². The highest BCUT2D eigenvalue weighted by Crippen LogP contribution is 2.30. The third kappa shape index (κ3) is 4.69. The van der Waals surface area contributed by atoms with E-state index in [4.69, 9.17) is 9.47 Å². The summed E-state index contributed by atoms with van der Waals surface area (Å²) in [6.07, 6.45) is 0.214. The zero-order valence-corrected chi connectivity index (χ0v) is 16.0. The van der Waals surface area contributed by atoms with E-state index in [2.05, 4.69) is 5.32 Å². The molecule has 0 aliphatic carbocycles. The Labute approximate surface area is 168 Å². The molecule has 2 aliphatic heterocycles. The van der Waals surface area contributed by atoms with Crippen molar-refractivity contribution in [2.24, 2.45) is 0 Å². The Morgan fingerprint density at radius 3 is 1.72 bits per heavy atom. The molecule has 2 unspecified atom stereocenters. The first-order valence-electron chi connectivity index (χ1n) is 9.96. The Morgan fingerprint density at radius 2 is 1.28 bits per heavy atom. The minimum atomic E-state index is -0.753. The highest BCUT2D eigenvalue weighted by atomic mass is 19.1. The summed E-state index contributed by atoms with van der Waals surface area (Å²) in [5.74, 6) is 0.624. The molecule has 0 amide bonds. The van der Waals surface area contributed by atoms with Crippen LogP contribution < -0.4 is 14.8 Å². The number of aryl methyl sites for hydroxylation is 2. The SMILES string of the molecule is OC(CNC[C@@H](O)[C@H]1CCc2cc(F)ccc2O1)C1CCc2cc(F)ccc2O1. The number of ether oxygens (including phenoxy) is 2. The van der Waals surface area contributed by atoms with Gasteiger partial charge in [0, 0.05) is 13.1 Å². The lowest BCUT2D eigenvalue weighted by atomic mass is 9.98. The van der Waals surface area contributed by atoms with E-state index in [0.29, 0.717) is 37.2 Å². The highest BCUT2D eigenvalue weighted by molar-refractivity contribution is 5.36. The van der Waals surface area contributed by atoms with Crippen molar-refractivity contribution >= 4 is 0 Å². The van der Waals surface area contributed by atoms with Gasteiger partial charge in [-0.25, -0.2) is 8.78 Å². The van der Waals surface area contributed by atoms with Crippen LogP contribution in [0.2, 0.25) is 0 Å². The number of aliphatic hydroxyl groups is 2. The summed E-state index contributed by atoms with van der Waals surface area (Å²) in [4.78, 5) is 0. The van der Waals surface area contributed by atoms with Crippen LogP contribution in [0.15, 0.2) is 36.4 Å². The smallest absolute Gasteiger partial charge is 0.126 e. The van der Waals surface area contributed by atoms with Gasteiger partial charge in [-0.2, -0.15) is 0 Å². The summed E-state index contributed by atoms with van der Waals surface area (Å²) in [6, 6.07) is 8.79. The molecular weight excluding hydrogens is 380 g/mol. The van der Waals surface area contributed by atoms with Crippen molar-refractivity contribution in [2.45, 2.75) is 50.1 Å². The summed E-state index contributed by atoms with van der Waals surface area (Å²) in [6.45, 7) is 0.513. The second-order valence-corrected chi connectivity index (χ2v) is 7.69. The van der Waals surface area contributed by atoms with Crippen LogP contribution in [0, 0.1) is 11.6 Å². The lowest BCUT2D eigenvalue weighted by Crippen LogP contribution is -2.46.